The molecule has 0 unspecified atom stereocenters. The maximum Gasteiger partial charge on any atom is 0.269 e. The maximum atomic E-state index is 12.3. The van der Waals surface area contributed by atoms with E-state index in [9.17, 15) is 9.59 Å². The van der Waals surface area contributed by atoms with Crippen LogP contribution in [-0.4, -0.2) is 23.8 Å². The molecule has 0 aromatic heterocycles. The predicted octanol–water partition coefficient (Wildman–Crippen LogP) is 4.43. The van der Waals surface area contributed by atoms with Crippen LogP contribution in [0.3, 0.4) is 0 Å². The largest absolute Gasteiger partial charge is 0.277 e. The number of likely N-dealkylation sites (N-methyl/N-ethyl adjacent to an activating group) is 1. The van der Waals surface area contributed by atoms with E-state index in [4.69, 9.17) is 0 Å². The van der Waals surface area contributed by atoms with Crippen LogP contribution in [0.15, 0.2) is 80.3 Å². The molecular formula is C17H13NO2S3. The Labute approximate surface area is 146 Å². The van der Waals surface area contributed by atoms with Crippen LogP contribution in [0, 0.1) is 0 Å². The summed E-state index contributed by atoms with van der Waals surface area (Å²) in [6.07, 6.45) is 0. The highest BCUT2D eigenvalue weighted by molar-refractivity contribution is 8.78. The van der Waals surface area contributed by atoms with Crippen molar-refractivity contribution in [1.29, 1.82) is 0 Å². The Balaban J connectivity index is 1.84. The van der Waals surface area contributed by atoms with Gasteiger partial charge in [-0.1, -0.05) is 59.0 Å². The number of carbonyl (C=O) groups excluding carboxylic acids is 2. The Morgan fingerprint density at radius 1 is 0.696 bits per heavy atom. The van der Waals surface area contributed by atoms with Crippen molar-refractivity contribution in [2.45, 2.75) is 9.79 Å². The Morgan fingerprint density at radius 3 is 1.83 bits per heavy atom. The fraction of sp³-hybridized carbons (Fsp3) is 0.0588. The van der Waals surface area contributed by atoms with Gasteiger partial charge in [-0.2, -0.15) is 0 Å². The van der Waals surface area contributed by atoms with Gasteiger partial charge in [0.15, 0.2) is 0 Å². The van der Waals surface area contributed by atoms with Gasteiger partial charge in [-0.25, -0.2) is 0 Å². The third kappa shape index (κ3) is 3.65. The van der Waals surface area contributed by atoms with E-state index in [1.807, 2.05) is 60.7 Å². The van der Waals surface area contributed by atoms with Crippen LogP contribution in [0.4, 0.5) is 0 Å². The Morgan fingerprint density at radius 2 is 1.22 bits per heavy atom. The average molecular weight is 359 g/mol. The first kappa shape index (κ1) is 16.2. The summed E-state index contributed by atoms with van der Waals surface area (Å²) in [7, 11) is 4.35. The minimum absolute atomic E-state index is 0.234. The van der Waals surface area contributed by atoms with Crippen LogP contribution in [0.25, 0.3) is 0 Å². The Kier molecular flexibility index (Phi) is 5.15. The summed E-state index contributed by atoms with van der Waals surface area (Å²) < 4.78 is 0. The Hall–Kier alpha value is -1.63. The molecule has 116 valence electrons. The summed E-state index contributed by atoms with van der Waals surface area (Å²) >= 11 is 1.34. The van der Waals surface area contributed by atoms with Crippen LogP contribution in [0.1, 0.15) is 0 Å². The molecule has 0 aliphatic carbocycles. The van der Waals surface area contributed by atoms with Crippen LogP contribution in [0.2, 0.25) is 0 Å². The number of imide groups is 1. The summed E-state index contributed by atoms with van der Waals surface area (Å²) in [6.45, 7) is 0. The van der Waals surface area contributed by atoms with E-state index in [1.165, 1.54) is 45.3 Å². The van der Waals surface area contributed by atoms with Crippen LogP contribution >= 0.6 is 33.3 Å². The third-order valence-electron chi connectivity index (χ3n) is 3.13. The van der Waals surface area contributed by atoms with Crippen molar-refractivity contribution in [2.24, 2.45) is 0 Å². The number of rotatable bonds is 5. The number of nitrogens with zero attached hydrogens (tertiary/aromatic N) is 1. The van der Waals surface area contributed by atoms with Crippen molar-refractivity contribution in [2.75, 3.05) is 7.05 Å². The molecule has 0 radical (unpaired) electrons. The fourth-order valence-electron chi connectivity index (χ4n) is 1.93. The van der Waals surface area contributed by atoms with Gasteiger partial charge in [-0.3, -0.25) is 14.5 Å². The van der Waals surface area contributed by atoms with E-state index in [0.29, 0.717) is 9.81 Å². The van der Waals surface area contributed by atoms with Gasteiger partial charge in [0.05, 0.1) is 4.91 Å². The molecule has 2 aromatic carbocycles. The molecule has 0 N–H and O–H groups in total. The van der Waals surface area contributed by atoms with Gasteiger partial charge < -0.3 is 0 Å². The lowest BCUT2D eigenvalue weighted by atomic mass is 10.4. The normalized spacial score (nSPS) is 14.7. The van der Waals surface area contributed by atoms with Gasteiger partial charge in [0.1, 0.15) is 4.91 Å². The lowest BCUT2D eigenvalue weighted by Gasteiger charge is -2.06. The van der Waals surface area contributed by atoms with Crippen molar-refractivity contribution < 1.29 is 9.59 Å². The minimum Gasteiger partial charge on any atom is -0.277 e. The summed E-state index contributed by atoms with van der Waals surface area (Å²) in [5.41, 5.74) is 0. The lowest BCUT2D eigenvalue weighted by molar-refractivity contribution is -0.135. The Bertz CT molecular complexity index is 760. The first-order chi connectivity index (χ1) is 11.2. The second-order valence-corrected chi connectivity index (χ2v) is 8.02. The molecule has 2 aromatic rings. The van der Waals surface area contributed by atoms with Gasteiger partial charge in [-0.05, 0) is 35.1 Å². The smallest absolute Gasteiger partial charge is 0.269 e. The molecule has 0 fully saturated rings. The van der Waals surface area contributed by atoms with Gasteiger partial charge in [0.25, 0.3) is 11.8 Å². The van der Waals surface area contributed by atoms with E-state index in [2.05, 4.69) is 0 Å². The molecule has 6 heteroatoms. The summed E-state index contributed by atoms with van der Waals surface area (Å²) in [4.78, 5) is 28.9. The number of thioether (sulfide) groups is 1. The minimum atomic E-state index is -0.236. The van der Waals surface area contributed by atoms with Gasteiger partial charge in [0, 0.05) is 16.8 Å². The van der Waals surface area contributed by atoms with Gasteiger partial charge >= 0.3 is 0 Å². The highest BCUT2D eigenvalue weighted by Gasteiger charge is 2.37. The van der Waals surface area contributed by atoms with Gasteiger partial charge in [-0.15, -0.1) is 0 Å². The highest BCUT2D eigenvalue weighted by atomic mass is 33.1. The molecule has 0 saturated heterocycles. The average Bonchev–Trinajstić information content (AvgIpc) is 2.79. The van der Waals surface area contributed by atoms with Gasteiger partial charge in [0.2, 0.25) is 0 Å². The van der Waals surface area contributed by atoms with Crippen LogP contribution < -0.4 is 0 Å². The zero-order valence-corrected chi connectivity index (χ0v) is 14.7. The topological polar surface area (TPSA) is 37.4 Å². The molecule has 0 atom stereocenters. The summed E-state index contributed by atoms with van der Waals surface area (Å²) in [5, 5.41) is 0. The standard InChI is InChI=1S/C17H13NO2S3/c1-18-16(19)14(21-12-8-4-2-5-9-12)15(17(18)20)23-22-13-10-6-3-7-11-13/h2-11H,1H3. The second-order valence-electron chi connectivity index (χ2n) is 4.72. The van der Waals surface area contributed by atoms with E-state index in [-0.39, 0.29) is 11.8 Å². The third-order valence-corrected chi connectivity index (χ3v) is 6.77. The molecule has 0 spiro atoms. The monoisotopic (exact) mass is 359 g/mol. The second kappa shape index (κ2) is 7.29. The molecule has 0 bridgehead atoms. The number of hydrogen-bond donors (Lipinski definition) is 0. The molecule has 3 nitrogen and oxygen atoms in total. The van der Waals surface area contributed by atoms with Crippen molar-refractivity contribution in [3.05, 3.63) is 70.5 Å². The van der Waals surface area contributed by atoms with Crippen molar-refractivity contribution in [3.8, 4) is 0 Å². The number of benzene rings is 2. The van der Waals surface area contributed by atoms with Crippen molar-refractivity contribution in [3.63, 3.8) is 0 Å². The van der Waals surface area contributed by atoms with Crippen LogP contribution in [0.5, 0.6) is 0 Å². The van der Waals surface area contributed by atoms with E-state index in [0.717, 1.165) is 9.79 Å². The highest BCUT2D eigenvalue weighted by Crippen LogP contribution is 2.45. The van der Waals surface area contributed by atoms with E-state index in [1.54, 1.807) is 0 Å². The zero-order valence-electron chi connectivity index (χ0n) is 12.3. The molecule has 1 heterocycles. The summed E-state index contributed by atoms with van der Waals surface area (Å²) in [5.74, 6) is -0.470. The lowest BCUT2D eigenvalue weighted by Crippen LogP contribution is -2.26. The maximum absolute atomic E-state index is 12.3. The quantitative estimate of drug-likeness (QED) is 0.583. The van der Waals surface area contributed by atoms with E-state index >= 15 is 0 Å². The SMILES string of the molecule is CN1C(=O)C(SSc2ccccc2)=C(Sc2ccccc2)C1=O. The number of amides is 2. The molecule has 2 amide bonds. The van der Waals surface area contributed by atoms with Crippen molar-refractivity contribution >= 4 is 45.2 Å². The predicted molar refractivity (Wildman–Crippen MR) is 97.0 cm³/mol. The summed E-state index contributed by atoms with van der Waals surface area (Å²) in [6, 6.07) is 19.4. The molecule has 3 rings (SSSR count). The molecular weight excluding hydrogens is 346 g/mol. The van der Waals surface area contributed by atoms with Crippen molar-refractivity contribution in [1.82, 2.24) is 4.90 Å². The molecule has 23 heavy (non-hydrogen) atoms. The van der Waals surface area contributed by atoms with E-state index < -0.39 is 0 Å². The molecule has 0 saturated carbocycles. The molecule has 1 aliphatic heterocycles. The molecule has 1 aliphatic rings. The fourth-order valence-corrected chi connectivity index (χ4v) is 5.42. The first-order valence-corrected chi connectivity index (χ1v) is 9.82. The van der Waals surface area contributed by atoms with Crippen LogP contribution in [-0.2, 0) is 9.59 Å². The number of hydrogen-bond acceptors (Lipinski definition) is 5. The zero-order chi connectivity index (χ0) is 16.2. The number of carbonyl (C=O) groups is 2. The first-order valence-electron chi connectivity index (χ1n) is 6.86.